The molecule has 2 unspecified atom stereocenters. The second-order valence-electron chi connectivity index (χ2n) is 7.48. The van der Waals surface area contributed by atoms with E-state index >= 15 is 0 Å². The molecular weight excluding hydrogens is 330 g/mol. The van der Waals surface area contributed by atoms with Crippen molar-refractivity contribution >= 4 is 29.5 Å². The van der Waals surface area contributed by atoms with Crippen LogP contribution in [0.3, 0.4) is 0 Å². The Hall–Kier alpha value is -1.98. The normalized spacial score (nSPS) is 25.4. The van der Waals surface area contributed by atoms with Gasteiger partial charge in [-0.3, -0.25) is 5.32 Å². The van der Waals surface area contributed by atoms with Crippen LogP contribution in [0, 0.1) is 10.8 Å². The first kappa shape index (κ1) is 18.4. The van der Waals surface area contributed by atoms with Crippen molar-refractivity contribution in [2.45, 2.75) is 46.1 Å². The number of aromatic nitrogens is 2. The van der Waals surface area contributed by atoms with E-state index in [1.54, 1.807) is 18.2 Å². The van der Waals surface area contributed by atoms with Crippen molar-refractivity contribution in [3.8, 4) is 0 Å². The largest absolute Gasteiger partial charge is 0.337 e. The number of nitrogens with zero attached hydrogens (tertiary/aromatic N) is 3. The van der Waals surface area contributed by atoms with E-state index in [1.165, 1.54) is 0 Å². The second kappa shape index (κ2) is 7.28. The number of urea groups is 1. The van der Waals surface area contributed by atoms with Crippen LogP contribution < -0.4 is 10.6 Å². The molecule has 1 aromatic rings. The number of halogens is 1. The monoisotopic (exact) mass is 351 g/mol. The van der Waals surface area contributed by atoms with Gasteiger partial charge in [0.25, 0.3) is 0 Å². The zero-order valence-electron chi connectivity index (χ0n) is 14.1. The molecule has 0 radical (unpaired) electrons. The molecule has 0 bridgehead atoms. The fraction of sp³-hybridized carbons (Fsp3) is 0.625. The van der Waals surface area contributed by atoms with E-state index in [4.69, 9.17) is 11.6 Å². The molecule has 7 nitrogen and oxygen atoms in total. The molecule has 130 valence electrons. The SMILES string of the molecule is CC1(C)CC(N=C=O)CC(C)(CNC(=O)Nc2ccc(Cl)nn2)C1. The second-order valence-corrected chi connectivity index (χ2v) is 7.87. The summed E-state index contributed by atoms with van der Waals surface area (Å²) in [5.41, 5.74) is -0.0897. The van der Waals surface area contributed by atoms with E-state index in [-0.39, 0.29) is 28.1 Å². The average molecular weight is 352 g/mol. The van der Waals surface area contributed by atoms with Crippen molar-refractivity contribution in [2.75, 3.05) is 11.9 Å². The molecule has 1 aliphatic rings. The van der Waals surface area contributed by atoms with Gasteiger partial charge in [-0.15, -0.1) is 10.2 Å². The van der Waals surface area contributed by atoms with E-state index in [1.807, 2.05) is 0 Å². The number of rotatable bonds is 4. The van der Waals surface area contributed by atoms with Gasteiger partial charge in [-0.1, -0.05) is 32.4 Å². The van der Waals surface area contributed by atoms with E-state index in [0.717, 1.165) is 19.3 Å². The van der Waals surface area contributed by atoms with Gasteiger partial charge in [-0.05, 0) is 42.2 Å². The van der Waals surface area contributed by atoms with E-state index < -0.39 is 0 Å². The van der Waals surface area contributed by atoms with Crippen LogP contribution in [-0.4, -0.2) is 34.9 Å². The molecule has 1 aliphatic carbocycles. The fourth-order valence-electron chi connectivity index (χ4n) is 3.72. The van der Waals surface area contributed by atoms with Crippen molar-refractivity contribution in [1.82, 2.24) is 15.5 Å². The molecule has 2 atom stereocenters. The number of hydrogen-bond donors (Lipinski definition) is 2. The maximum atomic E-state index is 12.0. The minimum absolute atomic E-state index is 0.0526. The summed E-state index contributed by atoms with van der Waals surface area (Å²) >= 11 is 5.66. The zero-order valence-corrected chi connectivity index (χ0v) is 14.9. The Morgan fingerprint density at radius 3 is 2.75 bits per heavy atom. The van der Waals surface area contributed by atoms with Gasteiger partial charge in [0, 0.05) is 6.54 Å². The number of amides is 2. The first-order valence-corrected chi connectivity index (χ1v) is 8.20. The lowest BCUT2D eigenvalue weighted by Gasteiger charge is -2.45. The van der Waals surface area contributed by atoms with Crippen LogP contribution in [0.5, 0.6) is 0 Å². The molecule has 1 saturated carbocycles. The average Bonchev–Trinajstić information content (AvgIpc) is 2.46. The molecule has 0 aromatic carbocycles. The first-order valence-electron chi connectivity index (χ1n) is 7.82. The van der Waals surface area contributed by atoms with Crippen LogP contribution >= 0.6 is 11.6 Å². The molecule has 1 heterocycles. The Morgan fingerprint density at radius 1 is 1.38 bits per heavy atom. The zero-order chi connectivity index (χ0) is 17.8. The third-order valence-corrected chi connectivity index (χ3v) is 4.41. The number of anilines is 1. The van der Waals surface area contributed by atoms with Crippen molar-refractivity contribution < 1.29 is 9.59 Å². The maximum Gasteiger partial charge on any atom is 0.320 e. The van der Waals surface area contributed by atoms with Crippen LogP contribution in [0.15, 0.2) is 17.1 Å². The summed E-state index contributed by atoms with van der Waals surface area (Å²) in [7, 11) is 0. The minimum atomic E-state index is -0.355. The lowest BCUT2D eigenvalue weighted by Crippen LogP contribution is -2.45. The Balaban J connectivity index is 1.94. The molecule has 0 spiro atoms. The molecule has 0 saturated heterocycles. The van der Waals surface area contributed by atoms with Crippen LogP contribution in [0.4, 0.5) is 10.6 Å². The third kappa shape index (κ3) is 5.28. The molecule has 1 fully saturated rings. The first-order chi connectivity index (χ1) is 11.2. The van der Waals surface area contributed by atoms with Gasteiger partial charge >= 0.3 is 6.03 Å². The van der Waals surface area contributed by atoms with E-state index in [2.05, 4.69) is 46.6 Å². The number of hydrogen-bond acceptors (Lipinski definition) is 5. The molecule has 0 aliphatic heterocycles. The van der Waals surface area contributed by atoms with E-state index in [9.17, 15) is 9.59 Å². The Kier molecular flexibility index (Phi) is 5.57. The van der Waals surface area contributed by atoms with Gasteiger partial charge in [-0.25, -0.2) is 14.6 Å². The number of nitrogens with one attached hydrogen (secondary N) is 2. The number of carbonyl (C=O) groups is 1. The summed E-state index contributed by atoms with van der Waals surface area (Å²) in [6.45, 7) is 6.89. The fourth-order valence-corrected chi connectivity index (χ4v) is 3.82. The number of aliphatic imine (C=N–C) groups is 1. The van der Waals surface area contributed by atoms with Crippen molar-refractivity contribution in [3.05, 3.63) is 17.3 Å². The molecule has 2 N–H and O–H groups in total. The van der Waals surface area contributed by atoms with Crippen LogP contribution in [-0.2, 0) is 4.79 Å². The lowest BCUT2D eigenvalue weighted by molar-refractivity contribution is 0.0855. The predicted molar refractivity (Wildman–Crippen MR) is 91.7 cm³/mol. The van der Waals surface area contributed by atoms with Crippen LogP contribution in [0.1, 0.15) is 40.0 Å². The Bertz CT molecular complexity index is 642. The highest BCUT2D eigenvalue weighted by Gasteiger charge is 2.41. The van der Waals surface area contributed by atoms with Gasteiger partial charge in [0.1, 0.15) is 0 Å². The smallest absolute Gasteiger partial charge is 0.320 e. The lowest BCUT2D eigenvalue weighted by atomic mass is 9.63. The Labute approximate surface area is 146 Å². The highest BCUT2D eigenvalue weighted by atomic mass is 35.5. The van der Waals surface area contributed by atoms with E-state index in [0.29, 0.717) is 12.4 Å². The maximum absolute atomic E-state index is 12.0. The summed E-state index contributed by atoms with van der Waals surface area (Å²) in [4.78, 5) is 26.5. The topological polar surface area (TPSA) is 96.3 Å². The summed E-state index contributed by atoms with van der Waals surface area (Å²) < 4.78 is 0. The van der Waals surface area contributed by atoms with Crippen molar-refractivity contribution in [3.63, 3.8) is 0 Å². The van der Waals surface area contributed by atoms with Crippen molar-refractivity contribution in [1.29, 1.82) is 0 Å². The minimum Gasteiger partial charge on any atom is -0.337 e. The molecule has 1 aromatic heterocycles. The summed E-state index contributed by atoms with van der Waals surface area (Å²) in [6.07, 6.45) is 4.20. The van der Waals surface area contributed by atoms with Gasteiger partial charge in [0.05, 0.1) is 6.04 Å². The quantitative estimate of drug-likeness (QED) is 0.643. The molecule has 8 heteroatoms. The van der Waals surface area contributed by atoms with Crippen molar-refractivity contribution in [2.24, 2.45) is 15.8 Å². The summed E-state index contributed by atoms with van der Waals surface area (Å²) in [5.74, 6) is 0.328. The molecule has 24 heavy (non-hydrogen) atoms. The summed E-state index contributed by atoms with van der Waals surface area (Å²) in [6, 6.07) is 2.72. The van der Waals surface area contributed by atoms with Gasteiger partial charge in [0.15, 0.2) is 11.0 Å². The standard InChI is InChI=1S/C16H22ClN5O2/c1-15(2)6-11(19-10-23)7-16(3,8-15)9-18-14(24)20-13-5-4-12(17)21-22-13/h4-5,11H,6-9H2,1-3H3,(H2,18,20,22,24). The van der Waals surface area contributed by atoms with Gasteiger partial charge in [0.2, 0.25) is 6.08 Å². The van der Waals surface area contributed by atoms with Gasteiger partial charge < -0.3 is 5.32 Å². The highest BCUT2D eigenvalue weighted by molar-refractivity contribution is 6.29. The number of carbonyl (C=O) groups excluding carboxylic acids is 2. The molecular formula is C16H22ClN5O2. The van der Waals surface area contributed by atoms with Crippen LogP contribution in [0.25, 0.3) is 0 Å². The molecule has 2 amide bonds. The predicted octanol–water partition coefficient (Wildman–Crippen LogP) is 3.17. The molecule has 2 rings (SSSR count). The number of isocyanates is 1. The van der Waals surface area contributed by atoms with Crippen LogP contribution in [0.2, 0.25) is 5.15 Å². The Morgan fingerprint density at radius 2 is 2.12 bits per heavy atom. The van der Waals surface area contributed by atoms with Gasteiger partial charge in [-0.2, -0.15) is 0 Å². The highest BCUT2D eigenvalue weighted by Crippen LogP contribution is 2.46. The third-order valence-electron chi connectivity index (χ3n) is 4.21. The summed E-state index contributed by atoms with van der Waals surface area (Å²) in [5, 5.41) is 13.2.